The second-order valence-corrected chi connectivity index (χ2v) is 6.69. The number of nitrogens with one attached hydrogen (secondary N) is 1. The predicted molar refractivity (Wildman–Crippen MR) is 99.5 cm³/mol. The van der Waals surface area contributed by atoms with E-state index in [1.165, 1.54) is 6.21 Å². The minimum atomic E-state index is -0.430. The molecular weight excluding hydrogens is 340 g/mol. The molecule has 0 aliphatic carbocycles. The number of methoxy groups -OCH3 is 1. The molecule has 2 aromatic rings. The van der Waals surface area contributed by atoms with E-state index in [0.717, 1.165) is 4.68 Å². The summed E-state index contributed by atoms with van der Waals surface area (Å²) in [5, 5.41) is 11.0. The van der Waals surface area contributed by atoms with Crippen LogP contribution in [0.3, 0.4) is 0 Å². The molecule has 7 nitrogen and oxygen atoms in total. The predicted octanol–water partition coefficient (Wildman–Crippen LogP) is 2.89. The van der Waals surface area contributed by atoms with Gasteiger partial charge in [-0.25, -0.2) is 0 Å². The van der Waals surface area contributed by atoms with Crippen LogP contribution in [0.25, 0.3) is 0 Å². The Morgan fingerprint density at radius 2 is 2.12 bits per heavy atom. The number of aromatic nitrogens is 3. The first kappa shape index (κ1) is 18.9. The molecule has 0 spiro atoms. The van der Waals surface area contributed by atoms with Crippen molar-refractivity contribution in [2.45, 2.75) is 33.1 Å². The van der Waals surface area contributed by atoms with Crippen molar-refractivity contribution in [3.8, 4) is 11.5 Å². The van der Waals surface area contributed by atoms with Gasteiger partial charge in [0.1, 0.15) is 5.69 Å². The summed E-state index contributed by atoms with van der Waals surface area (Å²) >= 11 is 5.15. The molecule has 0 radical (unpaired) electrons. The molecule has 0 aliphatic heterocycles. The summed E-state index contributed by atoms with van der Waals surface area (Å²) in [6, 6.07) is 5.44. The highest BCUT2D eigenvalue weighted by atomic mass is 32.1. The third-order valence-corrected chi connectivity index (χ3v) is 3.66. The van der Waals surface area contributed by atoms with Crippen LogP contribution in [-0.4, -0.2) is 34.8 Å². The van der Waals surface area contributed by atoms with Crippen molar-refractivity contribution in [1.82, 2.24) is 14.9 Å². The van der Waals surface area contributed by atoms with E-state index < -0.39 is 5.41 Å². The molecule has 1 aromatic heterocycles. The van der Waals surface area contributed by atoms with Crippen LogP contribution in [0, 0.1) is 4.77 Å². The number of para-hydroxylation sites is 1. The zero-order valence-corrected chi connectivity index (χ0v) is 15.8. The average molecular weight is 362 g/mol. The maximum atomic E-state index is 12.6. The molecule has 0 atom stereocenters. The standard InChI is InChI=1S/C17H22N4O3S/c1-6-24-13-11(8-7-9-12(13)23-5)10-18-21-15(22)14(17(2,3)4)19-20-16(21)25/h7-10H,6H2,1-5H3,(H,20,25)/b18-10-. The molecule has 0 saturated carbocycles. The fourth-order valence-electron chi connectivity index (χ4n) is 2.20. The third-order valence-electron chi connectivity index (χ3n) is 3.39. The van der Waals surface area contributed by atoms with Crippen molar-refractivity contribution in [2.75, 3.05) is 13.7 Å². The van der Waals surface area contributed by atoms with E-state index in [1.807, 2.05) is 39.8 Å². The Bertz CT molecular complexity index is 894. The Morgan fingerprint density at radius 3 is 2.72 bits per heavy atom. The van der Waals surface area contributed by atoms with Gasteiger partial charge in [0, 0.05) is 11.0 Å². The van der Waals surface area contributed by atoms with Gasteiger partial charge in [-0.2, -0.15) is 14.9 Å². The molecule has 25 heavy (non-hydrogen) atoms. The highest BCUT2D eigenvalue weighted by Gasteiger charge is 2.21. The van der Waals surface area contributed by atoms with Crippen molar-refractivity contribution < 1.29 is 9.47 Å². The van der Waals surface area contributed by atoms with Gasteiger partial charge < -0.3 is 9.47 Å². The lowest BCUT2D eigenvalue weighted by molar-refractivity contribution is 0.310. The lowest BCUT2D eigenvalue weighted by Gasteiger charge is -2.16. The Hall–Kier alpha value is -2.48. The quantitative estimate of drug-likeness (QED) is 0.653. The van der Waals surface area contributed by atoms with Crippen molar-refractivity contribution in [2.24, 2.45) is 5.10 Å². The minimum absolute atomic E-state index is 0.120. The van der Waals surface area contributed by atoms with Crippen LogP contribution < -0.4 is 15.0 Å². The molecule has 0 fully saturated rings. The number of benzene rings is 1. The van der Waals surface area contributed by atoms with Gasteiger partial charge in [0.15, 0.2) is 11.5 Å². The van der Waals surface area contributed by atoms with E-state index in [0.29, 0.717) is 29.4 Å². The molecule has 2 rings (SSSR count). The average Bonchev–Trinajstić information content (AvgIpc) is 2.54. The number of hydrogen-bond acceptors (Lipinski definition) is 6. The topological polar surface area (TPSA) is 81.5 Å². The summed E-state index contributed by atoms with van der Waals surface area (Å²) < 4.78 is 12.2. The molecule has 0 unspecified atom stereocenters. The number of nitrogens with zero attached hydrogens (tertiary/aromatic N) is 3. The maximum absolute atomic E-state index is 12.6. The van der Waals surface area contributed by atoms with E-state index in [9.17, 15) is 4.79 Å². The fourth-order valence-corrected chi connectivity index (χ4v) is 2.37. The SMILES string of the molecule is CCOc1c(/C=N\n2c(=S)[nH]nc(C(C)(C)C)c2=O)cccc1OC. The zero-order chi connectivity index (χ0) is 18.6. The third kappa shape index (κ3) is 4.14. The molecule has 1 aromatic carbocycles. The molecule has 0 amide bonds. The molecule has 0 bridgehead atoms. The van der Waals surface area contributed by atoms with Gasteiger partial charge in [-0.15, -0.1) is 0 Å². The fraction of sp³-hybridized carbons (Fsp3) is 0.412. The molecule has 1 heterocycles. The smallest absolute Gasteiger partial charge is 0.297 e. The highest BCUT2D eigenvalue weighted by Crippen LogP contribution is 2.30. The first-order valence-corrected chi connectivity index (χ1v) is 8.26. The summed E-state index contributed by atoms with van der Waals surface area (Å²) in [6.45, 7) is 8.06. The van der Waals surface area contributed by atoms with Gasteiger partial charge in [0.2, 0.25) is 4.77 Å². The van der Waals surface area contributed by atoms with E-state index in [-0.39, 0.29) is 10.3 Å². The summed E-state index contributed by atoms with van der Waals surface area (Å²) in [7, 11) is 1.57. The normalized spacial score (nSPS) is 11.7. The van der Waals surface area contributed by atoms with E-state index >= 15 is 0 Å². The minimum Gasteiger partial charge on any atom is -0.493 e. The van der Waals surface area contributed by atoms with E-state index in [4.69, 9.17) is 21.7 Å². The Morgan fingerprint density at radius 1 is 1.40 bits per heavy atom. The molecule has 1 N–H and O–H groups in total. The summed E-state index contributed by atoms with van der Waals surface area (Å²) in [6.07, 6.45) is 1.52. The maximum Gasteiger partial charge on any atom is 0.297 e. The summed E-state index contributed by atoms with van der Waals surface area (Å²) in [4.78, 5) is 12.6. The van der Waals surface area contributed by atoms with Crippen LogP contribution in [0.1, 0.15) is 39.0 Å². The van der Waals surface area contributed by atoms with Gasteiger partial charge in [-0.05, 0) is 31.3 Å². The highest BCUT2D eigenvalue weighted by molar-refractivity contribution is 7.71. The van der Waals surface area contributed by atoms with E-state index in [2.05, 4.69) is 15.3 Å². The number of hydrogen-bond donors (Lipinski definition) is 1. The van der Waals surface area contributed by atoms with Gasteiger partial charge in [0.25, 0.3) is 5.56 Å². The number of ether oxygens (including phenoxy) is 2. The van der Waals surface area contributed by atoms with Crippen LogP contribution in [0.15, 0.2) is 28.1 Å². The van der Waals surface area contributed by atoms with Crippen molar-refractivity contribution >= 4 is 18.4 Å². The first-order chi connectivity index (χ1) is 11.8. The van der Waals surface area contributed by atoms with Crippen LogP contribution in [-0.2, 0) is 5.41 Å². The van der Waals surface area contributed by atoms with Crippen LogP contribution >= 0.6 is 12.2 Å². The zero-order valence-electron chi connectivity index (χ0n) is 15.0. The van der Waals surface area contributed by atoms with Gasteiger partial charge in [-0.3, -0.25) is 9.89 Å². The van der Waals surface area contributed by atoms with E-state index in [1.54, 1.807) is 13.2 Å². The summed E-state index contributed by atoms with van der Waals surface area (Å²) in [5.41, 5.74) is 0.249. The molecular formula is C17H22N4O3S. The summed E-state index contributed by atoms with van der Waals surface area (Å²) in [5.74, 6) is 1.15. The molecule has 0 saturated heterocycles. The lowest BCUT2D eigenvalue weighted by Crippen LogP contribution is -2.32. The number of aromatic amines is 1. The second-order valence-electron chi connectivity index (χ2n) is 6.30. The monoisotopic (exact) mass is 362 g/mol. The molecule has 8 heteroatoms. The number of H-pyrrole nitrogens is 1. The molecule has 134 valence electrons. The van der Waals surface area contributed by atoms with Crippen molar-refractivity contribution in [3.05, 3.63) is 44.6 Å². The Labute approximate surface area is 151 Å². The van der Waals surface area contributed by atoms with Gasteiger partial charge >= 0.3 is 0 Å². The van der Waals surface area contributed by atoms with Gasteiger partial charge in [-0.1, -0.05) is 26.8 Å². The van der Waals surface area contributed by atoms with Crippen LogP contribution in [0.5, 0.6) is 11.5 Å². The number of rotatable bonds is 5. The van der Waals surface area contributed by atoms with Crippen LogP contribution in [0.4, 0.5) is 0 Å². The van der Waals surface area contributed by atoms with Crippen molar-refractivity contribution in [3.63, 3.8) is 0 Å². The van der Waals surface area contributed by atoms with Crippen molar-refractivity contribution in [1.29, 1.82) is 0 Å². The first-order valence-electron chi connectivity index (χ1n) is 7.86. The Balaban J connectivity index is 2.55. The van der Waals surface area contributed by atoms with Gasteiger partial charge in [0.05, 0.1) is 19.9 Å². The lowest BCUT2D eigenvalue weighted by atomic mass is 9.93. The van der Waals surface area contributed by atoms with Crippen LogP contribution in [0.2, 0.25) is 0 Å². The molecule has 0 aliphatic rings. The second kappa shape index (κ2) is 7.60. The Kier molecular flexibility index (Phi) is 5.73. The largest absolute Gasteiger partial charge is 0.493 e.